The normalized spacial score (nSPS) is 28.8. The Morgan fingerprint density at radius 3 is 2.46 bits per heavy atom. The molecule has 1 aromatic rings. The Bertz CT molecular complexity index is 675. The molecule has 2 fully saturated rings. The summed E-state index contributed by atoms with van der Waals surface area (Å²) in [5.74, 6) is 2.72. The minimum atomic E-state index is -0.561. The zero-order valence-electron chi connectivity index (χ0n) is 17.2. The summed E-state index contributed by atoms with van der Waals surface area (Å²) in [4.78, 5) is 3.95. The van der Waals surface area contributed by atoms with Gasteiger partial charge in [-0.25, -0.2) is 0 Å². The third kappa shape index (κ3) is 5.07. The lowest BCUT2D eigenvalue weighted by Crippen LogP contribution is -2.23. The number of rotatable bonds is 6. The van der Waals surface area contributed by atoms with Crippen LogP contribution in [0.5, 0.6) is 11.6 Å². The van der Waals surface area contributed by atoms with Crippen LogP contribution in [0.15, 0.2) is 23.8 Å². The quantitative estimate of drug-likeness (QED) is 0.414. The molecule has 0 spiro atoms. The van der Waals surface area contributed by atoms with Crippen LogP contribution in [0.1, 0.15) is 77.6 Å². The first kappa shape index (κ1) is 19.7. The molecule has 0 N–H and O–H groups in total. The molecule has 4 rings (SSSR count). The van der Waals surface area contributed by atoms with Crippen LogP contribution < -0.4 is 9.47 Å². The van der Waals surface area contributed by atoms with Crippen molar-refractivity contribution in [2.75, 3.05) is 6.61 Å². The van der Waals surface area contributed by atoms with Gasteiger partial charge in [0.05, 0.1) is 6.10 Å². The van der Waals surface area contributed by atoms with Crippen LogP contribution >= 0.6 is 0 Å². The van der Waals surface area contributed by atoms with Crippen molar-refractivity contribution < 1.29 is 13.9 Å². The molecule has 0 bridgehead atoms. The summed E-state index contributed by atoms with van der Waals surface area (Å²) in [6.07, 6.45) is 16.0. The summed E-state index contributed by atoms with van der Waals surface area (Å²) in [6, 6.07) is 3.38. The van der Waals surface area contributed by atoms with E-state index < -0.39 is 5.95 Å². The van der Waals surface area contributed by atoms with E-state index >= 15 is 0 Å². The summed E-state index contributed by atoms with van der Waals surface area (Å²) < 4.78 is 25.7. The maximum Gasteiger partial charge on any atom is 0.258 e. The molecule has 0 aliphatic heterocycles. The van der Waals surface area contributed by atoms with Gasteiger partial charge in [0.2, 0.25) is 5.88 Å². The predicted molar refractivity (Wildman–Crippen MR) is 109 cm³/mol. The highest BCUT2D eigenvalue weighted by Crippen LogP contribution is 2.39. The van der Waals surface area contributed by atoms with E-state index in [1.807, 2.05) is 0 Å². The second kappa shape index (κ2) is 9.28. The predicted octanol–water partition coefficient (Wildman–Crippen LogP) is 6.47. The molecule has 3 aliphatic rings. The van der Waals surface area contributed by atoms with Crippen LogP contribution in [0.25, 0.3) is 0 Å². The van der Waals surface area contributed by atoms with Crippen molar-refractivity contribution in [3.05, 3.63) is 29.7 Å². The van der Waals surface area contributed by atoms with Gasteiger partial charge >= 0.3 is 0 Å². The van der Waals surface area contributed by atoms with Crippen LogP contribution in [0, 0.1) is 23.7 Å². The van der Waals surface area contributed by atoms with Gasteiger partial charge in [0.25, 0.3) is 5.95 Å². The number of pyridine rings is 1. The molecule has 2 saturated carbocycles. The number of aromatic nitrogens is 1. The van der Waals surface area contributed by atoms with Crippen molar-refractivity contribution in [1.29, 1.82) is 0 Å². The fourth-order valence-electron chi connectivity index (χ4n) is 5.15. The topological polar surface area (TPSA) is 31.4 Å². The van der Waals surface area contributed by atoms with Crippen LogP contribution in [-0.4, -0.2) is 17.7 Å². The molecule has 0 saturated heterocycles. The second-order valence-electron chi connectivity index (χ2n) is 9.17. The van der Waals surface area contributed by atoms with Crippen molar-refractivity contribution in [3.8, 4) is 11.6 Å². The minimum Gasteiger partial charge on any atom is -0.486 e. The fourth-order valence-corrected chi connectivity index (χ4v) is 5.15. The van der Waals surface area contributed by atoms with Gasteiger partial charge in [0.15, 0.2) is 5.75 Å². The van der Waals surface area contributed by atoms with Gasteiger partial charge in [0, 0.05) is 6.07 Å². The van der Waals surface area contributed by atoms with Crippen molar-refractivity contribution in [2.45, 2.75) is 83.7 Å². The van der Waals surface area contributed by atoms with E-state index in [1.165, 1.54) is 44.1 Å². The molecule has 3 nitrogen and oxygen atoms in total. The molecule has 1 heterocycles. The summed E-state index contributed by atoms with van der Waals surface area (Å²) in [5.41, 5.74) is 1.33. The molecule has 28 heavy (non-hydrogen) atoms. The Morgan fingerprint density at radius 1 is 1.00 bits per heavy atom. The number of hydrogen-bond donors (Lipinski definition) is 0. The average molecular weight is 388 g/mol. The summed E-state index contributed by atoms with van der Waals surface area (Å²) in [7, 11) is 0. The van der Waals surface area contributed by atoms with Crippen LogP contribution in [0.2, 0.25) is 0 Å². The van der Waals surface area contributed by atoms with E-state index in [0.717, 1.165) is 49.9 Å². The Balaban J connectivity index is 1.25. The number of halogens is 1. The maximum atomic E-state index is 14.2. The SMILES string of the molecule is CC1CCC(C2CC=C(COc3ccc(OC4CCCC4)c(F)n3)CC2)CC1. The van der Waals surface area contributed by atoms with Crippen molar-refractivity contribution in [2.24, 2.45) is 17.8 Å². The Kier molecular flexibility index (Phi) is 6.54. The Morgan fingerprint density at radius 2 is 1.79 bits per heavy atom. The number of hydrogen-bond acceptors (Lipinski definition) is 3. The van der Waals surface area contributed by atoms with E-state index in [4.69, 9.17) is 9.47 Å². The molecule has 3 aliphatic carbocycles. The molecule has 1 atom stereocenters. The van der Waals surface area contributed by atoms with Gasteiger partial charge in [-0.1, -0.05) is 25.8 Å². The van der Waals surface area contributed by atoms with Crippen molar-refractivity contribution >= 4 is 0 Å². The Labute approximate surface area is 168 Å². The zero-order chi connectivity index (χ0) is 19.3. The third-order valence-corrected chi connectivity index (χ3v) is 7.06. The summed E-state index contributed by atoms with van der Waals surface area (Å²) in [6.45, 7) is 2.90. The van der Waals surface area contributed by atoms with Gasteiger partial charge < -0.3 is 9.47 Å². The van der Waals surface area contributed by atoms with Gasteiger partial charge in [-0.2, -0.15) is 9.37 Å². The highest BCUT2D eigenvalue weighted by Gasteiger charge is 2.27. The number of ether oxygens (including phenoxy) is 2. The van der Waals surface area contributed by atoms with E-state index in [9.17, 15) is 4.39 Å². The first-order valence-electron chi connectivity index (χ1n) is 11.3. The van der Waals surface area contributed by atoms with Crippen LogP contribution in [0.4, 0.5) is 4.39 Å². The first-order valence-corrected chi connectivity index (χ1v) is 11.3. The molecule has 4 heteroatoms. The highest BCUT2D eigenvalue weighted by molar-refractivity contribution is 5.25. The molecular formula is C24H34FNO2. The standard InChI is InChI=1S/C24H34FNO2/c1-17-6-10-19(11-7-17)20-12-8-18(9-13-20)16-27-23-15-14-22(24(25)26-23)28-21-4-2-3-5-21/h8,14-15,17,19-21H,2-7,9-13,16H2,1H3. The Hall–Kier alpha value is -1.58. The first-order chi connectivity index (χ1) is 13.7. The molecule has 0 amide bonds. The van der Waals surface area contributed by atoms with E-state index in [2.05, 4.69) is 18.0 Å². The molecule has 0 aromatic carbocycles. The fraction of sp³-hybridized carbons (Fsp3) is 0.708. The van der Waals surface area contributed by atoms with Crippen LogP contribution in [-0.2, 0) is 0 Å². The van der Waals surface area contributed by atoms with Gasteiger partial charge in [-0.3, -0.25) is 0 Å². The van der Waals surface area contributed by atoms with E-state index in [1.54, 1.807) is 12.1 Å². The molecule has 154 valence electrons. The van der Waals surface area contributed by atoms with E-state index in [0.29, 0.717) is 12.5 Å². The molecular weight excluding hydrogens is 353 g/mol. The van der Waals surface area contributed by atoms with Gasteiger partial charge in [-0.15, -0.1) is 0 Å². The lowest BCUT2D eigenvalue weighted by Gasteiger charge is -2.34. The molecule has 0 radical (unpaired) electrons. The summed E-state index contributed by atoms with van der Waals surface area (Å²) in [5, 5.41) is 0. The molecule has 1 aromatic heterocycles. The van der Waals surface area contributed by atoms with Gasteiger partial charge in [0.1, 0.15) is 6.61 Å². The lowest BCUT2D eigenvalue weighted by molar-refractivity contribution is 0.194. The maximum absolute atomic E-state index is 14.2. The highest BCUT2D eigenvalue weighted by atomic mass is 19.1. The smallest absolute Gasteiger partial charge is 0.258 e. The molecule has 1 unspecified atom stereocenters. The van der Waals surface area contributed by atoms with Gasteiger partial charge in [-0.05, 0) is 87.2 Å². The van der Waals surface area contributed by atoms with Crippen LogP contribution in [0.3, 0.4) is 0 Å². The lowest BCUT2D eigenvalue weighted by atomic mass is 9.72. The summed E-state index contributed by atoms with van der Waals surface area (Å²) >= 11 is 0. The van der Waals surface area contributed by atoms with Crippen molar-refractivity contribution in [3.63, 3.8) is 0 Å². The second-order valence-corrected chi connectivity index (χ2v) is 9.17. The number of allylic oxidation sites excluding steroid dienone is 1. The monoisotopic (exact) mass is 387 g/mol. The minimum absolute atomic E-state index is 0.135. The van der Waals surface area contributed by atoms with E-state index in [-0.39, 0.29) is 11.9 Å². The zero-order valence-corrected chi connectivity index (χ0v) is 17.2. The largest absolute Gasteiger partial charge is 0.486 e. The number of nitrogens with zero attached hydrogens (tertiary/aromatic N) is 1. The third-order valence-electron chi connectivity index (χ3n) is 7.06. The van der Waals surface area contributed by atoms with Crippen molar-refractivity contribution in [1.82, 2.24) is 4.98 Å². The average Bonchev–Trinajstić information content (AvgIpc) is 3.22.